The van der Waals surface area contributed by atoms with Gasteiger partial charge in [-0.05, 0) is 49.9 Å². The summed E-state index contributed by atoms with van der Waals surface area (Å²) in [5.74, 6) is 0.0780. The topological polar surface area (TPSA) is 67.6 Å². The molecule has 1 fully saturated rings. The Kier molecular flexibility index (Phi) is 6.60. The Labute approximate surface area is 186 Å². The molecule has 158 valence electrons. The Morgan fingerprint density at radius 1 is 1.13 bits per heavy atom. The van der Waals surface area contributed by atoms with Crippen molar-refractivity contribution >= 4 is 39.4 Å². The lowest BCUT2D eigenvalue weighted by atomic mass is 9.87. The Morgan fingerprint density at radius 2 is 1.90 bits per heavy atom. The van der Waals surface area contributed by atoms with Crippen LogP contribution in [0.25, 0.3) is 16.1 Å². The first-order chi connectivity index (χ1) is 15.1. The van der Waals surface area contributed by atoms with Crippen molar-refractivity contribution in [2.24, 2.45) is 5.92 Å². The Morgan fingerprint density at radius 3 is 2.61 bits per heavy atom. The van der Waals surface area contributed by atoms with Gasteiger partial charge in [-0.1, -0.05) is 24.3 Å². The molecular formula is C24H24N4O2S. The van der Waals surface area contributed by atoms with Crippen LogP contribution in [-0.4, -0.2) is 24.1 Å². The molecule has 4 rings (SSSR count). The van der Waals surface area contributed by atoms with Crippen LogP contribution in [0.4, 0.5) is 22.2 Å². The van der Waals surface area contributed by atoms with Crippen LogP contribution in [-0.2, 0) is 9.53 Å². The summed E-state index contributed by atoms with van der Waals surface area (Å²) in [6.07, 6.45) is 3.85. The van der Waals surface area contributed by atoms with Crippen LogP contribution in [0.1, 0.15) is 25.7 Å². The van der Waals surface area contributed by atoms with E-state index in [0.29, 0.717) is 10.8 Å². The molecule has 2 N–H and O–H groups in total. The van der Waals surface area contributed by atoms with Gasteiger partial charge < -0.3 is 15.4 Å². The number of aromatic nitrogens is 1. The molecule has 0 spiro atoms. The number of ether oxygens (including phenoxy) is 1. The van der Waals surface area contributed by atoms with Gasteiger partial charge in [-0.2, -0.15) is 0 Å². The highest BCUT2D eigenvalue weighted by Crippen LogP contribution is 2.30. The van der Waals surface area contributed by atoms with Crippen molar-refractivity contribution in [3.8, 4) is 11.3 Å². The van der Waals surface area contributed by atoms with Crippen molar-refractivity contribution in [3.63, 3.8) is 0 Å². The minimum atomic E-state index is 0.0283. The number of amides is 1. The summed E-state index contributed by atoms with van der Waals surface area (Å²) in [7, 11) is 1.73. The normalized spacial score (nSPS) is 18.2. The van der Waals surface area contributed by atoms with Crippen LogP contribution >= 0.6 is 11.3 Å². The minimum Gasteiger partial charge on any atom is -0.381 e. The summed E-state index contributed by atoms with van der Waals surface area (Å²) in [5, 5.41) is 8.92. The van der Waals surface area contributed by atoms with E-state index in [9.17, 15) is 4.79 Å². The van der Waals surface area contributed by atoms with E-state index in [1.165, 1.54) is 11.3 Å². The number of benzene rings is 2. The first-order valence-electron chi connectivity index (χ1n) is 10.3. The van der Waals surface area contributed by atoms with Gasteiger partial charge in [0.05, 0.1) is 18.4 Å². The third kappa shape index (κ3) is 5.29. The van der Waals surface area contributed by atoms with E-state index in [4.69, 9.17) is 11.3 Å². The van der Waals surface area contributed by atoms with Crippen LogP contribution in [0.2, 0.25) is 0 Å². The second kappa shape index (κ2) is 9.73. The molecule has 1 aromatic heterocycles. The third-order valence-corrected chi connectivity index (χ3v) is 6.31. The number of hydrogen-bond donors (Lipinski definition) is 2. The first kappa shape index (κ1) is 21.0. The zero-order valence-electron chi connectivity index (χ0n) is 17.3. The third-order valence-electron chi connectivity index (χ3n) is 5.56. The van der Waals surface area contributed by atoms with Gasteiger partial charge in [0.2, 0.25) is 5.91 Å². The van der Waals surface area contributed by atoms with Gasteiger partial charge in [0.25, 0.3) is 0 Å². The lowest BCUT2D eigenvalue weighted by molar-refractivity contribution is -0.121. The van der Waals surface area contributed by atoms with Crippen molar-refractivity contribution < 1.29 is 9.53 Å². The van der Waals surface area contributed by atoms with E-state index in [0.717, 1.165) is 48.3 Å². The molecule has 1 saturated carbocycles. The molecule has 6 nitrogen and oxygen atoms in total. The first-order valence-corrected chi connectivity index (χ1v) is 11.2. The molecule has 0 radical (unpaired) electrons. The Bertz CT molecular complexity index is 1080. The van der Waals surface area contributed by atoms with Crippen LogP contribution < -0.4 is 10.6 Å². The maximum absolute atomic E-state index is 12.6. The summed E-state index contributed by atoms with van der Waals surface area (Å²) in [4.78, 5) is 20.6. The van der Waals surface area contributed by atoms with Gasteiger partial charge in [0, 0.05) is 35.3 Å². The van der Waals surface area contributed by atoms with Crippen LogP contribution in [0.3, 0.4) is 0 Å². The number of methoxy groups -OCH3 is 1. The molecule has 3 aromatic rings. The maximum Gasteiger partial charge on any atom is 0.229 e. The quantitative estimate of drug-likeness (QED) is 0.452. The summed E-state index contributed by atoms with van der Waals surface area (Å²) in [6, 6.07) is 15.3. The number of carbonyl (C=O) groups is 1. The maximum atomic E-state index is 12.6. The Hall–Kier alpha value is -3.21. The average Bonchev–Trinajstić information content (AvgIpc) is 3.28. The zero-order valence-corrected chi connectivity index (χ0v) is 18.1. The molecular weight excluding hydrogens is 408 g/mol. The van der Waals surface area contributed by atoms with Gasteiger partial charge in [0.1, 0.15) is 0 Å². The highest BCUT2D eigenvalue weighted by atomic mass is 32.1. The van der Waals surface area contributed by atoms with Gasteiger partial charge in [-0.25, -0.2) is 9.83 Å². The number of rotatable bonds is 6. The number of nitrogens with zero attached hydrogens (tertiary/aromatic N) is 2. The molecule has 1 amide bonds. The molecule has 1 aliphatic rings. The average molecular weight is 433 g/mol. The van der Waals surface area contributed by atoms with Gasteiger partial charge >= 0.3 is 0 Å². The van der Waals surface area contributed by atoms with Gasteiger partial charge in [-0.15, -0.1) is 11.3 Å². The smallest absolute Gasteiger partial charge is 0.229 e. The monoisotopic (exact) mass is 432 g/mol. The largest absolute Gasteiger partial charge is 0.381 e. The standard InChI is InChI=1S/C24H24N4O2S/c1-25-18-8-10-19(11-9-18)26-20-5-3-4-17(14-20)22-15-31-24(27-22)28-23(29)16-6-12-21(30-2)13-7-16/h3-5,8-11,14-16,21,26H,6-7,12-13H2,2H3,(H,27,28,29). The molecule has 31 heavy (non-hydrogen) atoms. The van der Waals surface area contributed by atoms with Crippen molar-refractivity contribution in [1.82, 2.24) is 4.98 Å². The predicted octanol–water partition coefficient (Wildman–Crippen LogP) is 6.25. The molecule has 0 atom stereocenters. The highest BCUT2D eigenvalue weighted by molar-refractivity contribution is 7.14. The van der Waals surface area contributed by atoms with Crippen molar-refractivity contribution in [2.45, 2.75) is 31.8 Å². The fraction of sp³-hybridized carbons (Fsp3) is 0.292. The van der Waals surface area contributed by atoms with E-state index >= 15 is 0 Å². The van der Waals surface area contributed by atoms with E-state index in [-0.39, 0.29) is 17.9 Å². The summed E-state index contributed by atoms with van der Waals surface area (Å²) in [5.41, 5.74) is 4.26. The second-order valence-corrected chi connectivity index (χ2v) is 8.46. The number of carbonyl (C=O) groups excluding carboxylic acids is 1. The molecule has 0 unspecified atom stereocenters. The molecule has 7 heteroatoms. The number of hydrogen-bond acceptors (Lipinski definition) is 5. The fourth-order valence-electron chi connectivity index (χ4n) is 3.77. The molecule has 2 aromatic carbocycles. The molecule has 0 bridgehead atoms. The van der Waals surface area contributed by atoms with E-state index < -0.39 is 0 Å². The fourth-order valence-corrected chi connectivity index (χ4v) is 4.50. The van der Waals surface area contributed by atoms with E-state index in [2.05, 4.69) is 20.5 Å². The lowest BCUT2D eigenvalue weighted by Crippen LogP contribution is -2.29. The second-order valence-electron chi connectivity index (χ2n) is 7.60. The van der Waals surface area contributed by atoms with Crippen molar-refractivity contribution in [3.05, 3.63) is 65.3 Å². The van der Waals surface area contributed by atoms with Gasteiger partial charge in [-0.3, -0.25) is 4.79 Å². The number of anilines is 3. The number of thiazole rings is 1. The minimum absolute atomic E-state index is 0.0283. The lowest BCUT2D eigenvalue weighted by Gasteiger charge is -2.26. The predicted molar refractivity (Wildman–Crippen MR) is 125 cm³/mol. The van der Waals surface area contributed by atoms with Crippen molar-refractivity contribution in [1.29, 1.82) is 0 Å². The highest BCUT2D eigenvalue weighted by Gasteiger charge is 2.26. The molecule has 1 aliphatic carbocycles. The zero-order chi connectivity index (χ0) is 21.6. The Balaban J connectivity index is 1.40. The van der Waals surface area contributed by atoms with Gasteiger partial charge in [0.15, 0.2) is 10.8 Å². The number of nitrogens with one attached hydrogen (secondary N) is 2. The summed E-state index contributed by atoms with van der Waals surface area (Å²) < 4.78 is 5.39. The molecule has 0 aliphatic heterocycles. The van der Waals surface area contributed by atoms with Crippen LogP contribution in [0.5, 0.6) is 0 Å². The van der Waals surface area contributed by atoms with Crippen LogP contribution in [0, 0.1) is 12.5 Å². The van der Waals surface area contributed by atoms with Crippen molar-refractivity contribution in [2.75, 3.05) is 17.7 Å². The summed E-state index contributed by atoms with van der Waals surface area (Å²) >= 11 is 1.44. The SMILES string of the molecule is [C-]#[N+]c1ccc(Nc2cccc(-c3csc(NC(=O)C4CCC(OC)CC4)n3)c2)cc1. The summed E-state index contributed by atoms with van der Waals surface area (Å²) in [6.45, 7) is 7.04. The molecule has 0 saturated heterocycles. The van der Waals surface area contributed by atoms with Crippen LogP contribution in [0.15, 0.2) is 53.9 Å². The van der Waals surface area contributed by atoms with E-state index in [1.807, 2.05) is 41.8 Å². The van der Waals surface area contributed by atoms with E-state index in [1.54, 1.807) is 19.2 Å². The molecule has 1 heterocycles.